The van der Waals surface area contributed by atoms with E-state index in [2.05, 4.69) is 252 Å². The van der Waals surface area contributed by atoms with Crippen LogP contribution < -0.4 is 26.2 Å². The van der Waals surface area contributed by atoms with Crippen molar-refractivity contribution in [1.29, 1.82) is 0 Å². The van der Waals surface area contributed by atoms with Gasteiger partial charge in [0.15, 0.2) is 0 Å². The van der Waals surface area contributed by atoms with Gasteiger partial charge in [0.05, 0.1) is 5.41 Å². The zero-order valence-corrected chi connectivity index (χ0v) is 36.4. The predicted octanol–water partition coefficient (Wildman–Crippen LogP) is 13.1. The van der Waals surface area contributed by atoms with Crippen LogP contribution >= 0.6 is 0 Å². The van der Waals surface area contributed by atoms with Crippen LogP contribution in [0.3, 0.4) is 0 Å². The molecule has 8 aromatic rings. The van der Waals surface area contributed by atoms with E-state index in [9.17, 15) is 0 Å². The molecule has 0 aliphatic carbocycles. The average molecular weight is 789 g/mol. The van der Waals surface area contributed by atoms with Gasteiger partial charge >= 0.3 is 0 Å². The fraction of sp³-hybridized carbons (Fsp3) is 0.172. The first-order valence-corrected chi connectivity index (χ1v) is 21.8. The molecule has 10 rings (SSSR count). The van der Waals surface area contributed by atoms with Gasteiger partial charge in [-0.1, -0.05) is 187 Å². The maximum absolute atomic E-state index is 2.53. The number of rotatable bonds is 6. The van der Waals surface area contributed by atoms with Crippen LogP contribution in [0.2, 0.25) is 0 Å². The Hall–Kier alpha value is -6.58. The molecule has 0 atom stereocenters. The molecule has 2 heterocycles. The van der Waals surface area contributed by atoms with Crippen molar-refractivity contribution in [2.75, 3.05) is 9.80 Å². The van der Waals surface area contributed by atoms with Gasteiger partial charge < -0.3 is 9.80 Å². The fourth-order valence-corrected chi connectivity index (χ4v) is 10.1. The van der Waals surface area contributed by atoms with E-state index >= 15 is 0 Å². The van der Waals surface area contributed by atoms with Crippen molar-refractivity contribution in [3.63, 3.8) is 0 Å². The predicted molar refractivity (Wildman–Crippen MR) is 261 cm³/mol. The van der Waals surface area contributed by atoms with E-state index in [1.54, 1.807) is 0 Å². The third-order valence-corrected chi connectivity index (χ3v) is 13.2. The van der Waals surface area contributed by atoms with Gasteiger partial charge in [0, 0.05) is 34.1 Å². The number of anilines is 6. The zero-order chi connectivity index (χ0) is 42.1. The molecule has 0 N–H and O–H groups in total. The Morgan fingerprint density at radius 1 is 0.344 bits per heavy atom. The van der Waals surface area contributed by atoms with Gasteiger partial charge in [0.25, 0.3) is 6.71 Å². The topological polar surface area (TPSA) is 6.48 Å². The lowest BCUT2D eigenvalue weighted by Crippen LogP contribution is -2.61. The Morgan fingerprint density at radius 2 is 0.738 bits per heavy atom. The monoisotopic (exact) mass is 788 g/mol. The summed E-state index contributed by atoms with van der Waals surface area (Å²) in [5.41, 5.74) is 19.7. The molecule has 2 aliphatic heterocycles. The van der Waals surface area contributed by atoms with Gasteiger partial charge in [-0.15, -0.1) is 0 Å². The van der Waals surface area contributed by atoms with Crippen molar-refractivity contribution in [1.82, 2.24) is 0 Å². The number of para-hydroxylation sites is 1. The van der Waals surface area contributed by atoms with E-state index in [0.717, 1.165) is 5.69 Å². The van der Waals surface area contributed by atoms with Crippen LogP contribution in [0.5, 0.6) is 0 Å². The van der Waals surface area contributed by atoms with Gasteiger partial charge in [-0.05, 0) is 122 Å². The van der Waals surface area contributed by atoms with Gasteiger partial charge in [-0.25, -0.2) is 0 Å². The van der Waals surface area contributed by atoms with Gasteiger partial charge in [-0.2, -0.15) is 0 Å². The number of hydrogen-bond acceptors (Lipinski definition) is 2. The summed E-state index contributed by atoms with van der Waals surface area (Å²) in [6.07, 6.45) is 0. The lowest BCUT2D eigenvalue weighted by Gasteiger charge is -2.45. The zero-order valence-electron chi connectivity index (χ0n) is 36.4. The van der Waals surface area contributed by atoms with Crippen LogP contribution in [0.4, 0.5) is 34.1 Å². The van der Waals surface area contributed by atoms with Crippen molar-refractivity contribution in [2.24, 2.45) is 0 Å². The summed E-state index contributed by atoms with van der Waals surface area (Å²) in [4.78, 5) is 5.05. The Bertz CT molecular complexity index is 2770. The molecule has 298 valence electrons. The molecule has 0 bridgehead atoms. The van der Waals surface area contributed by atoms with E-state index in [0.29, 0.717) is 0 Å². The quantitative estimate of drug-likeness (QED) is 0.122. The Labute approximate surface area is 363 Å². The first kappa shape index (κ1) is 38.6. The van der Waals surface area contributed by atoms with Crippen LogP contribution in [0.15, 0.2) is 194 Å². The second-order valence-electron chi connectivity index (χ2n) is 19.1. The van der Waals surface area contributed by atoms with Crippen LogP contribution in [0.1, 0.15) is 80.5 Å². The van der Waals surface area contributed by atoms with Crippen molar-refractivity contribution >= 4 is 57.2 Å². The summed E-state index contributed by atoms with van der Waals surface area (Å²) in [7, 11) is 0. The highest BCUT2D eigenvalue weighted by Crippen LogP contribution is 2.48. The van der Waals surface area contributed by atoms with Crippen molar-refractivity contribution in [3.05, 3.63) is 233 Å². The maximum Gasteiger partial charge on any atom is 0.252 e. The maximum atomic E-state index is 2.53. The number of benzene rings is 8. The Kier molecular flexibility index (Phi) is 9.22. The minimum atomic E-state index is -0.521. The van der Waals surface area contributed by atoms with E-state index in [4.69, 9.17) is 0 Å². The lowest BCUT2D eigenvalue weighted by atomic mass is 9.33. The number of aryl methyl sites for hydroxylation is 1. The second kappa shape index (κ2) is 14.6. The summed E-state index contributed by atoms with van der Waals surface area (Å²) in [5, 5.41) is 0. The van der Waals surface area contributed by atoms with Crippen molar-refractivity contribution in [3.8, 4) is 0 Å². The van der Waals surface area contributed by atoms with Gasteiger partial charge in [-0.3, -0.25) is 0 Å². The Morgan fingerprint density at radius 3 is 1.21 bits per heavy atom. The third-order valence-electron chi connectivity index (χ3n) is 13.2. The van der Waals surface area contributed by atoms with Crippen LogP contribution in [0.25, 0.3) is 0 Å². The average Bonchev–Trinajstić information content (AvgIpc) is 3.27. The number of nitrogens with zero attached hydrogens (tertiary/aromatic N) is 2. The molecule has 0 spiro atoms. The smallest absolute Gasteiger partial charge is 0.252 e. The standard InChI is InChI=1S/C58H53BN2/c1-40-37-53-55-54(38-40)61(47-32-27-41(28-33-47)56(2,3)4)52-36-31-46(57(5,6)7)39-50(52)59(55)49-25-17-18-26-51(49)60(53)48-34-29-45(30-35-48)58(42-19-11-8-12-20-42,43-21-13-9-14-22-43)44-23-15-10-16-24-44/h8-39H,1-7H3. The van der Waals surface area contributed by atoms with Gasteiger partial charge in [0.2, 0.25) is 0 Å². The highest BCUT2D eigenvalue weighted by atomic mass is 15.2. The second-order valence-corrected chi connectivity index (χ2v) is 19.1. The van der Waals surface area contributed by atoms with E-state index < -0.39 is 5.41 Å². The SMILES string of the molecule is Cc1cc2c3c(c1)N(c1ccc(C(C)(C)C)cc1)c1ccc(C(C)(C)C)cc1B3c1ccccc1N2c1ccc(C(c2ccccc2)(c2ccccc2)c2ccccc2)cc1. The summed E-state index contributed by atoms with van der Waals surface area (Å²) in [5.74, 6) is 0. The number of fused-ring (bicyclic) bond motifs is 4. The molecule has 0 radical (unpaired) electrons. The van der Waals surface area contributed by atoms with E-state index in [1.807, 2.05) is 0 Å². The molecule has 2 aliphatic rings. The highest BCUT2D eigenvalue weighted by Gasteiger charge is 2.44. The molecule has 3 heteroatoms. The largest absolute Gasteiger partial charge is 0.311 e. The molecule has 0 saturated heterocycles. The summed E-state index contributed by atoms with van der Waals surface area (Å²) < 4.78 is 0. The van der Waals surface area contributed by atoms with Crippen LogP contribution in [-0.4, -0.2) is 6.71 Å². The first-order chi connectivity index (χ1) is 29.4. The van der Waals surface area contributed by atoms with Crippen molar-refractivity contribution < 1.29 is 0 Å². The van der Waals surface area contributed by atoms with Gasteiger partial charge in [0.1, 0.15) is 0 Å². The first-order valence-electron chi connectivity index (χ1n) is 21.8. The molecule has 0 amide bonds. The van der Waals surface area contributed by atoms with E-state index in [-0.39, 0.29) is 17.5 Å². The van der Waals surface area contributed by atoms with Crippen molar-refractivity contribution in [2.45, 2.75) is 64.7 Å². The molecule has 2 nitrogen and oxygen atoms in total. The molecule has 8 aromatic carbocycles. The minimum Gasteiger partial charge on any atom is -0.311 e. The molecular weight excluding hydrogens is 735 g/mol. The summed E-state index contributed by atoms with van der Waals surface area (Å²) >= 11 is 0. The summed E-state index contributed by atoms with van der Waals surface area (Å²) in [6, 6.07) is 72.8. The molecule has 0 saturated carbocycles. The third kappa shape index (κ3) is 6.33. The Balaban J connectivity index is 1.20. The fourth-order valence-electron chi connectivity index (χ4n) is 10.1. The molecule has 61 heavy (non-hydrogen) atoms. The molecule has 0 aromatic heterocycles. The molecule has 0 fully saturated rings. The van der Waals surface area contributed by atoms with E-state index in [1.165, 1.54) is 83.8 Å². The van der Waals surface area contributed by atoms with Crippen LogP contribution in [0, 0.1) is 6.92 Å². The summed E-state index contributed by atoms with van der Waals surface area (Å²) in [6.45, 7) is 16.2. The number of hydrogen-bond donors (Lipinski definition) is 0. The highest BCUT2D eigenvalue weighted by molar-refractivity contribution is 7.00. The molecule has 0 unspecified atom stereocenters. The minimum absolute atomic E-state index is 0.00103. The van der Waals surface area contributed by atoms with Crippen LogP contribution in [-0.2, 0) is 16.2 Å². The molecular formula is C58H53BN2. The lowest BCUT2D eigenvalue weighted by molar-refractivity contribution is 0.590. The normalized spacial score (nSPS) is 13.4.